The Hall–Kier alpha value is -1.62. The third-order valence-corrected chi connectivity index (χ3v) is 3.50. The van der Waals surface area contributed by atoms with Gasteiger partial charge in [0.05, 0.1) is 6.04 Å². The Labute approximate surface area is 120 Å². The Bertz CT molecular complexity index is 566. The SMILES string of the molecule is CCC(NC(=O)c1cc(Br)ccc1C)c1ncc[nH]1. The van der Waals surface area contributed by atoms with Crippen molar-refractivity contribution in [3.63, 3.8) is 0 Å². The van der Waals surface area contributed by atoms with Crippen molar-refractivity contribution in [3.8, 4) is 0 Å². The highest BCUT2D eigenvalue weighted by Gasteiger charge is 2.17. The number of imidazole rings is 1. The van der Waals surface area contributed by atoms with Gasteiger partial charge in [-0.2, -0.15) is 0 Å². The standard InChI is InChI=1S/C14H16BrN3O/c1-3-12(13-16-6-7-17-13)18-14(19)11-8-10(15)5-4-9(11)2/h4-8,12H,3H2,1-2H3,(H,16,17)(H,18,19). The van der Waals surface area contributed by atoms with E-state index in [0.29, 0.717) is 5.56 Å². The van der Waals surface area contributed by atoms with E-state index in [1.807, 2.05) is 32.0 Å². The van der Waals surface area contributed by atoms with Crippen LogP contribution in [0.5, 0.6) is 0 Å². The number of carbonyl (C=O) groups excluding carboxylic acids is 1. The molecule has 0 aliphatic rings. The summed E-state index contributed by atoms with van der Waals surface area (Å²) < 4.78 is 0.897. The van der Waals surface area contributed by atoms with E-state index in [2.05, 4.69) is 31.2 Å². The van der Waals surface area contributed by atoms with Gasteiger partial charge in [-0.05, 0) is 31.0 Å². The van der Waals surface area contributed by atoms with Gasteiger partial charge in [0.1, 0.15) is 5.82 Å². The molecule has 0 aliphatic heterocycles. The van der Waals surface area contributed by atoms with E-state index in [-0.39, 0.29) is 11.9 Å². The van der Waals surface area contributed by atoms with Gasteiger partial charge in [0, 0.05) is 22.4 Å². The van der Waals surface area contributed by atoms with Crippen LogP contribution in [0.1, 0.15) is 41.1 Å². The normalized spacial score (nSPS) is 12.2. The average Bonchev–Trinajstić information content (AvgIpc) is 2.92. The maximum atomic E-state index is 12.3. The number of rotatable bonds is 4. The molecule has 1 heterocycles. The van der Waals surface area contributed by atoms with E-state index in [9.17, 15) is 4.79 Å². The highest BCUT2D eigenvalue weighted by Crippen LogP contribution is 2.18. The second kappa shape index (κ2) is 6.02. The lowest BCUT2D eigenvalue weighted by Gasteiger charge is -2.15. The molecule has 1 aromatic carbocycles. The van der Waals surface area contributed by atoms with Crippen molar-refractivity contribution >= 4 is 21.8 Å². The molecule has 1 amide bonds. The van der Waals surface area contributed by atoms with E-state index in [1.165, 1.54) is 0 Å². The van der Waals surface area contributed by atoms with Crippen LogP contribution < -0.4 is 5.32 Å². The lowest BCUT2D eigenvalue weighted by Crippen LogP contribution is -2.29. The molecule has 0 saturated carbocycles. The van der Waals surface area contributed by atoms with Gasteiger partial charge < -0.3 is 10.3 Å². The highest BCUT2D eigenvalue weighted by molar-refractivity contribution is 9.10. The molecule has 0 bridgehead atoms. The van der Waals surface area contributed by atoms with E-state index in [1.54, 1.807) is 12.4 Å². The van der Waals surface area contributed by atoms with Crippen molar-refractivity contribution in [3.05, 3.63) is 52.0 Å². The minimum atomic E-state index is -0.0964. The maximum Gasteiger partial charge on any atom is 0.252 e. The molecular formula is C14H16BrN3O. The summed E-state index contributed by atoms with van der Waals surface area (Å²) in [6.45, 7) is 3.94. The van der Waals surface area contributed by atoms with Crippen molar-refractivity contribution in [1.82, 2.24) is 15.3 Å². The van der Waals surface area contributed by atoms with Gasteiger partial charge in [0.2, 0.25) is 0 Å². The zero-order chi connectivity index (χ0) is 13.8. The third-order valence-electron chi connectivity index (χ3n) is 3.01. The molecule has 1 aromatic heterocycles. The zero-order valence-corrected chi connectivity index (χ0v) is 12.5. The van der Waals surface area contributed by atoms with Gasteiger partial charge in [-0.25, -0.2) is 4.98 Å². The predicted octanol–water partition coefficient (Wildman–Crippen LogP) is 3.36. The summed E-state index contributed by atoms with van der Waals surface area (Å²) in [5.41, 5.74) is 1.63. The van der Waals surface area contributed by atoms with Crippen molar-refractivity contribution in [2.45, 2.75) is 26.3 Å². The number of aryl methyl sites for hydroxylation is 1. The number of hydrogen-bond acceptors (Lipinski definition) is 2. The van der Waals surface area contributed by atoms with E-state index < -0.39 is 0 Å². The number of benzene rings is 1. The summed E-state index contributed by atoms with van der Waals surface area (Å²) in [6.07, 6.45) is 4.23. The fraction of sp³-hybridized carbons (Fsp3) is 0.286. The second-order valence-electron chi connectivity index (χ2n) is 4.37. The fourth-order valence-electron chi connectivity index (χ4n) is 1.91. The summed E-state index contributed by atoms with van der Waals surface area (Å²) in [5.74, 6) is 0.700. The van der Waals surface area contributed by atoms with Gasteiger partial charge in [-0.3, -0.25) is 4.79 Å². The highest BCUT2D eigenvalue weighted by atomic mass is 79.9. The maximum absolute atomic E-state index is 12.3. The van der Waals surface area contributed by atoms with E-state index in [4.69, 9.17) is 0 Å². The topological polar surface area (TPSA) is 57.8 Å². The molecule has 1 unspecified atom stereocenters. The molecule has 1 atom stereocenters. The molecule has 0 saturated heterocycles. The lowest BCUT2D eigenvalue weighted by atomic mass is 10.1. The van der Waals surface area contributed by atoms with Crippen LogP contribution in [0.2, 0.25) is 0 Å². The second-order valence-corrected chi connectivity index (χ2v) is 5.28. The molecule has 2 aromatic rings. The van der Waals surface area contributed by atoms with Crippen molar-refractivity contribution in [2.24, 2.45) is 0 Å². The third kappa shape index (κ3) is 3.23. The predicted molar refractivity (Wildman–Crippen MR) is 78.0 cm³/mol. The molecule has 2 rings (SSSR count). The van der Waals surface area contributed by atoms with Gasteiger partial charge in [-0.1, -0.05) is 28.9 Å². The Morgan fingerprint density at radius 1 is 1.53 bits per heavy atom. The lowest BCUT2D eigenvalue weighted by molar-refractivity contribution is 0.0933. The van der Waals surface area contributed by atoms with Gasteiger partial charge >= 0.3 is 0 Å². The molecule has 19 heavy (non-hydrogen) atoms. The van der Waals surface area contributed by atoms with Crippen LogP contribution in [0.25, 0.3) is 0 Å². The van der Waals surface area contributed by atoms with Gasteiger partial charge in [0.25, 0.3) is 5.91 Å². The number of aromatic amines is 1. The number of hydrogen-bond donors (Lipinski definition) is 2. The smallest absolute Gasteiger partial charge is 0.252 e. The zero-order valence-electron chi connectivity index (χ0n) is 10.9. The molecule has 0 fully saturated rings. The first-order valence-corrected chi connectivity index (χ1v) is 6.97. The summed E-state index contributed by atoms with van der Waals surface area (Å²) in [6, 6.07) is 5.59. The van der Waals surface area contributed by atoms with Crippen LogP contribution in [0.3, 0.4) is 0 Å². The molecule has 0 radical (unpaired) electrons. The summed E-state index contributed by atoms with van der Waals surface area (Å²) in [4.78, 5) is 19.5. The number of aromatic nitrogens is 2. The summed E-state index contributed by atoms with van der Waals surface area (Å²) in [5, 5.41) is 3.00. The number of carbonyl (C=O) groups is 1. The monoisotopic (exact) mass is 321 g/mol. The number of nitrogens with zero attached hydrogens (tertiary/aromatic N) is 1. The van der Waals surface area contributed by atoms with Crippen LogP contribution in [0.15, 0.2) is 35.1 Å². The molecule has 0 spiro atoms. The first-order valence-electron chi connectivity index (χ1n) is 6.18. The first-order chi connectivity index (χ1) is 9.11. The Morgan fingerprint density at radius 2 is 2.32 bits per heavy atom. The van der Waals surface area contributed by atoms with Crippen LogP contribution in [0.4, 0.5) is 0 Å². The van der Waals surface area contributed by atoms with Crippen LogP contribution >= 0.6 is 15.9 Å². The molecule has 100 valence electrons. The van der Waals surface area contributed by atoms with Crippen LogP contribution in [-0.4, -0.2) is 15.9 Å². The Balaban J connectivity index is 2.18. The van der Waals surface area contributed by atoms with Crippen LogP contribution in [-0.2, 0) is 0 Å². The number of amides is 1. The van der Waals surface area contributed by atoms with Gasteiger partial charge in [-0.15, -0.1) is 0 Å². The molecule has 4 nitrogen and oxygen atoms in total. The number of H-pyrrole nitrogens is 1. The Kier molecular flexibility index (Phi) is 4.37. The number of halogens is 1. The summed E-state index contributed by atoms with van der Waals surface area (Å²) in [7, 11) is 0. The minimum Gasteiger partial charge on any atom is -0.347 e. The largest absolute Gasteiger partial charge is 0.347 e. The molecule has 2 N–H and O–H groups in total. The van der Waals surface area contributed by atoms with Crippen LogP contribution in [0, 0.1) is 6.92 Å². The Morgan fingerprint density at radius 3 is 2.95 bits per heavy atom. The van der Waals surface area contributed by atoms with Crippen molar-refractivity contribution in [2.75, 3.05) is 0 Å². The molecular weight excluding hydrogens is 306 g/mol. The average molecular weight is 322 g/mol. The fourth-order valence-corrected chi connectivity index (χ4v) is 2.27. The van der Waals surface area contributed by atoms with E-state index >= 15 is 0 Å². The molecule has 5 heteroatoms. The summed E-state index contributed by atoms with van der Waals surface area (Å²) >= 11 is 3.39. The van der Waals surface area contributed by atoms with Crippen molar-refractivity contribution in [1.29, 1.82) is 0 Å². The minimum absolute atomic E-state index is 0.0814. The first kappa shape index (κ1) is 13.8. The van der Waals surface area contributed by atoms with Crippen molar-refractivity contribution < 1.29 is 4.79 Å². The quantitative estimate of drug-likeness (QED) is 0.907. The molecule has 0 aliphatic carbocycles. The van der Waals surface area contributed by atoms with E-state index in [0.717, 1.165) is 22.3 Å². The number of nitrogens with one attached hydrogen (secondary N) is 2. The van der Waals surface area contributed by atoms with Gasteiger partial charge in [0.15, 0.2) is 0 Å².